The Balaban J connectivity index is 2.29. The molecule has 76 valence electrons. The number of anilines is 3. The van der Waals surface area contributed by atoms with Crippen LogP contribution in [0.4, 0.5) is 17.3 Å². The van der Waals surface area contributed by atoms with E-state index in [1.807, 2.05) is 42.3 Å². The molecule has 2 N–H and O–H groups in total. The number of rotatable bonds is 2. The molecule has 0 aliphatic heterocycles. The summed E-state index contributed by atoms with van der Waals surface area (Å²) in [6, 6.07) is 9.44. The van der Waals surface area contributed by atoms with E-state index < -0.39 is 0 Å². The summed E-state index contributed by atoms with van der Waals surface area (Å²) < 4.78 is 0. The van der Waals surface area contributed by atoms with E-state index in [2.05, 4.69) is 9.97 Å². The highest BCUT2D eigenvalue weighted by Crippen LogP contribution is 2.18. The van der Waals surface area contributed by atoms with Crippen molar-refractivity contribution in [3.05, 3.63) is 42.7 Å². The molecule has 0 aliphatic rings. The Hall–Kier alpha value is -2.10. The van der Waals surface area contributed by atoms with Gasteiger partial charge in [-0.25, -0.2) is 9.97 Å². The molecular formula is C11H12N4. The van der Waals surface area contributed by atoms with E-state index in [1.54, 1.807) is 12.4 Å². The lowest BCUT2D eigenvalue weighted by atomic mass is 10.4. The van der Waals surface area contributed by atoms with Gasteiger partial charge in [-0.2, -0.15) is 0 Å². The maximum Gasteiger partial charge on any atom is 0.133 e. The summed E-state index contributed by atoms with van der Waals surface area (Å²) in [7, 11) is 1.92. The van der Waals surface area contributed by atoms with Gasteiger partial charge >= 0.3 is 0 Å². The lowest BCUT2D eigenvalue weighted by Crippen LogP contribution is -2.12. The van der Waals surface area contributed by atoms with E-state index in [0.717, 1.165) is 11.6 Å². The van der Waals surface area contributed by atoms with Crippen LogP contribution in [0.5, 0.6) is 0 Å². The predicted molar refractivity (Wildman–Crippen MR) is 60.9 cm³/mol. The highest BCUT2D eigenvalue weighted by molar-refractivity contribution is 5.56. The average molecular weight is 200 g/mol. The van der Waals surface area contributed by atoms with E-state index in [0.29, 0.717) is 5.69 Å². The lowest BCUT2D eigenvalue weighted by molar-refractivity contribution is 1.08. The molecule has 0 aromatic carbocycles. The van der Waals surface area contributed by atoms with Crippen molar-refractivity contribution >= 4 is 17.3 Å². The Labute approximate surface area is 88.4 Å². The van der Waals surface area contributed by atoms with Gasteiger partial charge in [0, 0.05) is 13.2 Å². The van der Waals surface area contributed by atoms with Crippen molar-refractivity contribution in [1.29, 1.82) is 0 Å². The van der Waals surface area contributed by atoms with Gasteiger partial charge in [-0.3, -0.25) is 0 Å². The molecule has 2 rings (SSSR count). The second-order valence-electron chi connectivity index (χ2n) is 3.20. The third-order valence-corrected chi connectivity index (χ3v) is 2.11. The third-order valence-electron chi connectivity index (χ3n) is 2.11. The molecule has 0 radical (unpaired) electrons. The molecule has 2 heterocycles. The van der Waals surface area contributed by atoms with Gasteiger partial charge in [-0.05, 0) is 24.3 Å². The SMILES string of the molecule is CN(c1ccccn1)c1ccc(N)cn1. The van der Waals surface area contributed by atoms with E-state index in [9.17, 15) is 0 Å². The molecule has 0 spiro atoms. The molecule has 0 saturated heterocycles. The number of hydrogen-bond donors (Lipinski definition) is 1. The van der Waals surface area contributed by atoms with Gasteiger partial charge < -0.3 is 10.6 Å². The van der Waals surface area contributed by atoms with Crippen molar-refractivity contribution < 1.29 is 0 Å². The van der Waals surface area contributed by atoms with Crippen molar-refractivity contribution in [1.82, 2.24) is 9.97 Å². The molecule has 2 aromatic heterocycles. The number of nitrogen functional groups attached to an aromatic ring is 1. The molecule has 0 unspecified atom stereocenters. The first-order chi connectivity index (χ1) is 7.27. The quantitative estimate of drug-likeness (QED) is 0.803. The largest absolute Gasteiger partial charge is 0.397 e. The summed E-state index contributed by atoms with van der Waals surface area (Å²) in [5.74, 6) is 1.68. The van der Waals surface area contributed by atoms with E-state index in [-0.39, 0.29) is 0 Å². The first-order valence-corrected chi connectivity index (χ1v) is 4.63. The standard InChI is InChI=1S/C11H12N4/c1-15(10-4-2-3-7-13-10)11-6-5-9(12)8-14-11/h2-8H,12H2,1H3. The van der Waals surface area contributed by atoms with Crippen LogP contribution in [0, 0.1) is 0 Å². The van der Waals surface area contributed by atoms with Crippen molar-refractivity contribution in [2.45, 2.75) is 0 Å². The summed E-state index contributed by atoms with van der Waals surface area (Å²) in [6.07, 6.45) is 3.39. The van der Waals surface area contributed by atoms with E-state index >= 15 is 0 Å². The van der Waals surface area contributed by atoms with Gasteiger partial charge in [0.25, 0.3) is 0 Å². The molecule has 15 heavy (non-hydrogen) atoms. The number of nitrogens with zero attached hydrogens (tertiary/aromatic N) is 3. The minimum atomic E-state index is 0.660. The van der Waals surface area contributed by atoms with Crippen LogP contribution < -0.4 is 10.6 Å². The van der Waals surface area contributed by atoms with Crippen LogP contribution in [0.15, 0.2) is 42.7 Å². The summed E-state index contributed by atoms with van der Waals surface area (Å²) in [5.41, 5.74) is 6.23. The van der Waals surface area contributed by atoms with Crippen LogP contribution in [0.2, 0.25) is 0 Å². The fourth-order valence-electron chi connectivity index (χ4n) is 1.27. The van der Waals surface area contributed by atoms with E-state index in [4.69, 9.17) is 5.73 Å². The summed E-state index contributed by atoms with van der Waals surface area (Å²) in [6.45, 7) is 0. The topological polar surface area (TPSA) is 55.0 Å². The molecule has 2 aromatic rings. The maximum atomic E-state index is 5.57. The second-order valence-corrected chi connectivity index (χ2v) is 3.20. The van der Waals surface area contributed by atoms with Gasteiger partial charge in [0.15, 0.2) is 0 Å². The molecule has 0 saturated carbocycles. The van der Waals surface area contributed by atoms with Gasteiger partial charge in [-0.15, -0.1) is 0 Å². The smallest absolute Gasteiger partial charge is 0.133 e. The predicted octanol–water partition coefficient (Wildman–Crippen LogP) is 1.83. The number of pyridine rings is 2. The molecule has 4 nitrogen and oxygen atoms in total. The molecule has 4 heteroatoms. The maximum absolute atomic E-state index is 5.57. The number of aromatic nitrogens is 2. The second kappa shape index (κ2) is 3.96. The zero-order valence-electron chi connectivity index (χ0n) is 8.46. The van der Waals surface area contributed by atoms with Crippen LogP contribution in [0.25, 0.3) is 0 Å². The summed E-state index contributed by atoms with van der Waals surface area (Å²) in [5, 5.41) is 0. The first kappa shape index (κ1) is 9.45. The van der Waals surface area contributed by atoms with Crippen LogP contribution in [0.1, 0.15) is 0 Å². The molecular weight excluding hydrogens is 188 g/mol. The summed E-state index contributed by atoms with van der Waals surface area (Å²) >= 11 is 0. The van der Waals surface area contributed by atoms with Crippen molar-refractivity contribution in [3.63, 3.8) is 0 Å². The van der Waals surface area contributed by atoms with E-state index in [1.165, 1.54) is 0 Å². The highest BCUT2D eigenvalue weighted by atomic mass is 15.2. The van der Waals surface area contributed by atoms with Gasteiger partial charge in [0.1, 0.15) is 11.6 Å². The van der Waals surface area contributed by atoms with Gasteiger partial charge in [0.05, 0.1) is 11.9 Å². The third kappa shape index (κ3) is 2.04. The zero-order valence-corrected chi connectivity index (χ0v) is 8.46. The minimum Gasteiger partial charge on any atom is -0.397 e. The average Bonchev–Trinajstić information content (AvgIpc) is 2.30. The molecule has 0 atom stereocenters. The Morgan fingerprint density at radius 3 is 2.47 bits per heavy atom. The Kier molecular flexibility index (Phi) is 2.49. The normalized spacial score (nSPS) is 9.93. The highest BCUT2D eigenvalue weighted by Gasteiger charge is 2.04. The van der Waals surface area contributed by atoms with Crippen LogP contribution in [-0.4, -0.2) is 17.0 Å². The minimum absolute atomic E-state index is 0.660. The summed E-state index contributed by atoms with van der Waals surface area (Å²) in [4.78, 5) is 10.3. The fourth-order valence-corrected chi connectivity index (χ4v) is 1.27. The van der Waals surface area contributed by atoms with Crippen LogP contribution >= 0.6 is 0 Å². The number of hydrogen-bond acceptors (Lipinski definition) is 4. The molecule has 0 fully saturated rings. The van der Waals surface area contributed by atoms with Crippen LogP contribution in [-0.2, 0) is 0 Å². The van der Waals surface area contributed by atoms with Crippen molar-refractivity contribution in [2.24, 2.45) is 0 Å². The van der Waals surface area contributed by atoms with Gasteiger partial charge in [0.2, 0.25) is 0 Å². The molecule has 0 bridgehead atoms. The van der Waals surface area contributed by atoms with Crippen LogP contribution in [0.3, 0.4) is 0 Å². The monoisotopic (exact) mass is 200 g/mol. The fraction of sp³-hybridized carbons (Fsp3) is 0.0909. The molecule has 0 aliphatic carbocycles. The zero-order chi connectivity index (χ0) is 10.7. The molecule has 0 amide bonds. The van der Waals surface area contributed by atoms with Crippen molar-refractivity contribution in [2.75, 3.05) is 17.7 Å². The first-order valence-electron chi connectivity index (χ1n) is 4.63. The van der Waals surface area contributed by atoms with Crippen molar-refractivity contribution in [3.8, 4) is 0 Å². The number of nitrogens with two attached hydrogens (primary N) is 1. The van der Waals surface area contributed by atoms with Gasteiger partial charge in [-0.1, -0.05) is 6.07 Å². The Morgan fingerprint density at radius 1 is 1.07 bits per heavy atom. The Bertz CT molecular complexity index is 424. The lowest BCUT2D eigenvalue weighted by Gasteiger charge is -2.16. The Morgan fingerprint density at radius 2 is 1.87 bits per heavy atom.